The van der Waals surface area contributed by atoms with E-state index in [0.29, 0.717) is 53.2 Å². The Morgan fingerprint density at radius 2 is 1.76 bits per heavy atom. The maximum atomic E-state index is 14.4. The van der Waals surface area contributed by atoms with Gasteiger partial charge < -0.3 is 14.6 Å². The van der Waals surface area contributed by atoms with E-state index in [9.17, 15) is 4.79 Å². The number of aliphatic hydroxyl groups excluding tert-OH is 1. The molecular formula is C34H31Br2Cl2N3O4. The number of carbonyl (C=O) groups is 1. The summed E-state index contributed by atoms with van der Waals surface area (Å²) >= 11 is 19.6. The third-order valence-electron chi connectivity index (χ3n) is 7.34. The smallest absolute Gasteiger partial charge is 0.266 e. The van der Waals surface area contributed by atoms with Crippen molar-refractivity contribution in [2.45, 2.75) is 30.9 Å². The summed E-state index contributed by atoms with van der Waals surface area (Å²) in [4.78, 5) is 19.4. The summed E-state index contributed by atoms with van der Waals surface area (Å²) in [6.45, 7) is 0.896. The monoisotopic (exact) mass is 773 g/mol. The first kappa shape index (κ1) is 33.4. The number of benzene rings is 4. The molecule has 5 rings (SSSR count). The summed E-state index contributed by atoms with van der Waals surface area (Å²) in [5.41, 5.74) is 7.95. The molecule has 4 aromatic rings. The highest BCUT2D eigenvalue weighted by Gasteiger charge is 2.54. The SMILES string of the molecule is O=C(NNCCc1ccc(Cl)cc1Cl)[C@@]1(Cc2ccc(Br)cc2)N=C(c2ccc(OCCCO)cc2)O[C@H]1c1ccccc1Br. The summed E-state index contributed by atoms with van der Waals surface area (Å²) in [6.07, 6.45) is 0.634. The highest BCUT2D eigenvalue weighted by molar-refractivity contribution is 9.10. The molecule has 0 bridgehead atoms. The van der Waals surface area contributed by atoms with E-state index in [4.69, 9.17) is 42.8 Å². The van der Waals surface area contributed by atoms with Gasteiger partial charge in [0, 0.05) is 56.1 Å². The molecule has 1 aliphatic heterocycles. The Bertz CT molecular complexity index is 1650. The molecule has 0 saturated carbocycles. The van der Waals surface area contributed by atoms with Crippen molar-refractivity contribution in [3.05, 3.63) is 132 Å². The molecule has 3 N–H and O–H groups in total. The average Bonchev–Trinajstić information content (AvgIpc) is 3.42. The minimum atomic E-state index is -1.37. The van der Waals surface area contributed by atoms with Crippen molar-refractivity contribution in [2.75, 3.05) is 19.8 Å². The molecule has 1 amide bonds. The van der Waals surface area contributed by atoms with Crippen LogP contribution in [0.2, 0.25) is 10.0 Å². The summed E-state index contributed by atoms with van der Waals surface area (Å²) in [6, 6.07) is 28.2. The van der Waals surface area contributed by atoms with Gasteiger partial charge in [-0.2, -0.15) is 0 Å². The molecule has 4 aromatic carbocycles. The molecule has 0 saturated heterocycles. The lowest BCUT2D eigenvalue weighted by molar-refractivity contribution is -0.130. The zero-order valence-electron chi connectivity index (χ0n) is 24.1. The van der Waals surface area contributed by atoms with E-state index in [1.54, 1.807) is 12.1 Å². The third kappa shape index (κ3) is 8.27. The van der Waals surface area contributed by atoms with Crippen molar-refractivity contribution in [3.63, 3.8) is 0 Å². The van der Waals surface area contributed by atoms with Gasteiger partial charge in [0.15, 0.2) is 11.6 Å². The number of amides is 1. The quantitative estimate of drug-likeness (QED) is 0.0960. The van der Waals surface area contributed by atoms with E-state index in [1.165, 1.54) is 0 Å². The number of hydrazine groups is 1. The zero-order chi connectivity index (χ0) is 31.8. The number of nitrogens with zero attached hydrogens (tertiary/aromatic N) is 1. The predicted molar refractivity (Wildman–Crippen MR) is 185 cm³/mol. The standard InChI is InChI=1S/C34H31Br2Cl2N3O4/c35-25-11-6-22(7-12-25)21-34(33(43)41-39-17-16-23-8-13-26(37)20-30(23)38)31(28-4-1-2-5-29(28)36)45-32(40-34)24-9-14-27(15-10-24)44-19-3-18-42/h1-2,4-15,20,31,39,42H,3,16-19,21H2,(H,41,43)/t31-,34-/m0/s1. The van der Waals surface area contributed by atoms with Gasteiger partial charge in [0.25, 0.3) is 5.91 Å². The van der Waals surface area contributed by atoms with Crippen LogP contribution in [0.25, 0.3) is 0 Å². The van der Waals surface area contributed by atoms with Gasteiger partial charge in [0.1, 0.15) is 5.75 Å². The largest absolute Gasteiger partial charge is 0.494 e. The second kappa shape index (κ2) is 15.6. The van der Waals surface area contributed by atoms with Gasteiger partial charge in [-0.25, -0.2) is 10.4 Å². The van der Waals surface area contributed by atoms with E-state index in [-0.39, 0.29) is 18.9 Å². The minimum absolute atomic E-state index is 0.0609. The van der Waals surface area contributed by atoms with Gasteiger partial charge in [-0.3, -0.25) is 10.2 Å². The van der Waals surface area contributed by atoms with Gasteiger partial charge in [0.2, 0.25) is 5.90 Å². The molecular weight excluding hydrogens is 745 g/mol. The number of hydrogen-bond donors (Lipinski definition) is 3. The number of carbonyl (C=O) groups excluding carboxylic acids is 1. The van der Waals surface area contributed by atoms with Crippen molar-refractivity contribution in [1.29, 1.82) is 0 Å². The van der Waals surface area contributed by atoms with E-state index >= 15 is 0 Å². The molecule has 1 heterocycles. The number of aliphatic hydroxyl groups is 1. The van der Waals surface area contributed by atoms with Crippen LogP contribution in [0.4, 0.5) is 0 Å². The number of rotatable bonds is 13. The van der Waals surface area contributed by atoms with Crippen LogP contribution < -0.4 is 15.6 Å². The molecule has 0 aliphatic carbocycles. The number of halogens is 4. The highest BCUT2D eigenvalue weighted by Crippen LogP contribution is 2.44. The molecule has 0 spiro atoms. The van der Waals surface area contributed by atoms with Gasteiger partial charge in [-0.15, -0.1) is 0 Å². The van der Waals surface area contributed by atoms with Gasteiger partial charge >= 0.3 is 0 Å². The summed E-state index contributed by atoms with van der Waals surface area (Å²) < 4.78 is 14.0. The van der Waals surface area contributed by atoms with Crippen molar-refractivity contribution in [1.82, 2.24) is 10.9 Å². The molecule has 2 atom stereocenters. The maximum Gasteiger partial charge on any atom is 0.266 e. The first-order chi connectivity index (χ1) is 21.8. The first-order valence-electron chi connectivity index (χ1n) is 14.4. The Morgan fingerprint density at radius 3 is 2.47 bits per heavy atom. The molecule has 1 aliphatic rings. The van der Waals surface area contributed by atoms with Crippen LogP contribution in [0.3, 0.4) is 0 Å². The zero-order valence-corrected chi connectivity index (χ0v) is 28.8. The van der Waals surface area contributed by atoms with Crippen LogP contribution in [0.15, 0.2) is 105 Å². The fraction of sp³-hybridized carbons (Fsp3) is 0.235. The molecule has 0 fully saturated rings. The highest BCUT2D eigenvalue weighted by atomic mass is 79.9. The normalized spacial score (nSPS) is 17.4. The first-order valence-corrected chi connectivity index (χ1v) is 16.7. The molecule has 0 unspecified atom stereocenters. The Morgan fingerprint density at radius 1 is 1.00 bits per heavy atom. The number of aliphatic imine (C=N–C) groups is 1. The van der Waals surface area contributed by atoms with Gasteiger partial charge in [-0.05, 0) is 72.1 Å². The minimum Gasteiger partial charge on any atom is -0.494 e. The molecule has 0 radical (unpaired) electrons. The molecule has 234 valence electrons. The number of hydrogen-bond acceptors (Lipinski definition) is 6. The van der Waals surface area contributed by atoms with Crippen LogP contribution in [-0.4, -0.2) is 42.2 Å². The van der Waals surface area contributed by atoms with Crippen molar-refractivity contribution >= 4 is 66.9 Å². The second-order valence-electron chi connectivity index (χ2n) is 10.5. The van der Waals surface area contributed by atoms with Crippen LogP contribution in [0.1, 0.15) is 34.8 Å². The topological polar surface area (TPSA) is 92.2 Å². The fourth-order valence-electron chi connectivity index (χ4n) is 5.03. The molecule has 7 nitrogen and oxygen atoms in total. The Balaban J connectivity index is 1.47. The predicted octanol–water partition coefficient (Wildman–Crippen LogP) is 7.64. The molecule has 0 aromatic heterocycles. The molecule has 11 heteroatoms. The van der Waals surface area contributed by atoms with Crippen LogP contribution in [-0.2, 0) is 22.4 Å². The Kier molecular flexibility index (Phi) is 11.6. The van der Waals surface area contributed by atoms with E-state index < -0.39 is 11.6 Å². The van der Waals surface area contributed by atoms with E-state index in [2.05, 4.69) is 42.7 Å². The van der Waals surface area contributed by atoms with Crippen LogP contribution in [0.5, 0.6) is 5.75 Å². The van der Waals surface area contributed by atoms with E-state index in [0.717, 1.165) is 25.6 Å². The van der Waals surface area contributed by atoms with Crippen LogP contribution in [0, 0.1) is 0 Å². The maximum absolute atomic E-state index is 14.4. The third-order valence-corrected chi connectivity index (χ3v) is 9.18. The van der Waals surface area contributed by atoms with Gasteiger partial charge in [0.05, 0.1) is 6.61 Å². The lowest BCUT2D eigenvalue weighted by Crippen LogP contribution is -2.54. The van der Waals surface area contributed by atoms with E-state index in [1.807, 2.05) is 78.9 Å². The van der Waals surface area contributed by atoms with Gasteiger partial charge in [-0.1, -0.05) is 91.5 Å². The average molecular weight is 776 g/mol. The summed E-state index contributed by atoms with van der Waals surface area (Å²) in [5.74, 6) is 0.669. The van der Waals surface area contributed by atoms with Crippen molar-refractivity contribution < 1.29 is 19.4 Å². The lowest BCUT2D eigenvalue weighted by Gasteiger charge is -2.31. The Hall–Kier alpha value is -2.92. The number of nitrogens with one attached hydrogen (secondary N) is 2. The summed E-state index contributed by atoms with van der Waals surface area (Å²) in [5, 5.41) is 10.2. The fourth-order valence-corrected chi connectivity index (χ4v) is 6.29. The van der Waals surface area contributed by atoms with Crippen molar-refractivity contribution in [3.8, 4) is 5.75 Å². The lowest BCUT2D eigenvalue weighted by atomic mass is 9.82. The molecule has 45 heavy (non-hydrogen) atoms. The second-order valence-corrected chi connectivity index (χ2v) is 13.1. The number of ether oxygens (including phenoxy) is 2. The van der Waals surface area contributed by atoms with Crippen molar-refractivity contribution in [2.24, 2.45) is 4.99 Å². The van der Waals surface area contributed by atoms with Crippen LogP contribution >= 0.6 is 55.1 Å². The Labute approximate surface area is 289 Å². The summed E-state index contributed by atoms with van der Waals surface area (Å²) in [7, 11) is 0.